The monoisotopic (exact) mass is 447 g/mol. The van der Waals surface area contributed by atoms with E-state index in [4.69, 9.17) is 32.7 Å². The molecule has 0 bridgehead atoms. The number of benzene rings is 2. The normalized spacial score (nSPS) is 12.6. The van der Waals surface area contributed by atoms with Crippen molar-refractivity contribution in [2.45, 2.75) is 32.5 Å². The summed E-state index contributed by atoms with van der Waals surface area (Å²) in [5.41, 5.74) is 0.850. The van der Waals surface area contributed by atoms with E-state index >= 15 is 0 Å². The summed E-state index contributed by atoms with van der Waals surface area (Å²) in [5, 5.41) is 12.4. The molecular formula is C23H23Cl2NO4. The molecule has 158 valence electrons. The maximum absolute atomic E-state index is 12.6. The van der Waals surface area contributed by atoms with Gasteiger partial charge in [-0.1, -0.05) is 48.0 Å². The summed E-state index contributed by atoms with van der Waals surface area (Å²) in [4.78, 5) is 12.6. The second kappa shape index (κ2) is 8.72. The third-order valence-electron chi connectivity index (χ3n) is 4.35. The summed E-state index contributed by atoms with van der Waals surface area (Å²) in [6.45, 7) is 9.29. The maximum Gasteiger partial charge on any atom is 0.418 e. The maximum atomic E-state index is 12.6. The van der Waals surface area contributed by atoms with Crippen molar-refractivity contribution in [2.75, 3.05) is 6.61 Å². The van der Waals surface area contributed by atoms with Crippen LogP contribution in [0.2, 0.25) is 10.0 Å². The fourth-order valence-electron chi connectivity index (χ4n) is 3.03. The summed E-state index contributed by atoms with van der Waals surface area (Å²) in [7, 11) is 0. The van der Waals surface area contributed by atoms with Crippen LogP contribution < -0.4 is 4.74 Å². The first-order valence-corrected chi connectivity index (χ1v) is 10.1. The zero-order valence-corrected chi connectivity index (χ0v) is 18.5. The molecule has 0 spiro atoms. The van der Waals surface area contributed by atoms with Gasteiger partial charge in [0, 0.05) is 17.1 Å². The number of hydrogen-bond acceptors (Lipinski definition) is 4. The molecule has 0 saturated carbocycles. The van der Waals surface area contributed by atoms with Crippen LogP contribution in [0.15, 0.2) is 55.3 Å². The van der Waals surface area contributed by atoms with Gasteiger partial charge in [-0.05, 0) is 50.6 Å². The molecule has 0 amide bonds. The van der Waals surface area contributed by atoms with Crippen LogP contribution in [0.5, 0.6) is 5.75 Å². The van der Waals surface area contributed by atoms with Gasteiger partial charge in [-0.15, -0.1) is 0 Å². The van der Waals surface area contributed by atoms with Gasteiger partial charge in [-0.2, -0.15) is 0 Å². The van der Waals surface area contributed by atoms with Crippen molar-refractivity contribution in [3.05, 3.63) is 76.4 Å². The Labute approximate surface area is 185 Å². The minimum atomic E-state index is -1.12. The predicted octanol–water partition coefficient (Wildman–Crippen LogP) is 6.38. The van der Waals surface area contributed by atoms with E-state index in [1.54, 1.807) is 63.4 Å². The average Bonchev–Trinajstić information content (AvgIpc) is 3.10. The molecule has 1 aromatic heterocycles. The third kappa shape index (κ3) is 4.64. The van der Waals surface area contributed by atoms with Crippen molar-refractivity contribution in [2.24, 2.45) is 0 Å². The van der Waals surface area contributed by atoms with Gasteiger partial charge in [-0.25, -0.2) is 4.79 Å². The largest absolute Gasteiger partial charge is 0.489 e. The lowest BCUT2D eigenvalue weighted by Crippen LogP contribution is -2.26. The van der Waals surface area contributed by atoms with E-state index < -0.39 is 17.8 Å². The first-order valence-electron chi connectivity index (χ1n) is 9.36. The van der Waals surface area contributed by atoms with Gasteiger partial charge < -0.3 is 14.6 Å². The molecule has 1 heterocycles. The zero-order chi connectivity index (χ0) is 22.1. The van der Waals surface area contributed by atoms with Crippen molar-refractivity contribution >= 4 is 40.2 Å². The van der Waals surface area contributed by atoms with Crippen LogP contribution in [-0.4, -0.2) is 28.0 Å². The average molecular weight is 448 g/mol. The Balaban J connectivity index is 2.05. The van der Waals surface area contributed by atoms with Crippen molar-refractivity contribution < 1.29 is 19.4 Å². The molecule has 0 saturated heterocycles. The van der Waals surface area contributed by atoms with Gasteiger partial charge in [0.05, 0.1) is 15.6 Å². The van der Waals surface area contributed by atoms with Crippen LogP contribution in [0.1, 0.15) is 38.0 Å². The predicted molar refractivity (Wildman–Crippen MR) is 120 cm³/mol. The zero-order valence-electron chi connectivity index (χ0n) is 17.0. The summed E-state index contributed by atoms with van der Waals surface area (Å²) in [6.07, 6.45) is 1.61. The lowest BCUT2D eigenvalue weighted by Gasteiger charge is -2.20. The Morgan fingerprint density at radius 3 is 2.63 bits per heavy atom. The molecule has 30 heavy (non-hydrogen) atoms. The number of carbonyl (C=O) groups is 1. The number of aromatic nitrogens is 1. The number of aliphatic hydroxyl groups is 1. The number of fused-ring (bicyclic) bond motifs is 1. The van der Waals surface area contributed by atoms with Crippen LogP contribution in [0, 0.1) is 0 Å². The van der Waals surface area contributed by atoms with Crippen molar-refractivity contribution in [1.82, 2.24) is 4.57 Å². The lowest BCUT2D eigenvalue weighted by atomic mass is 9.99. The molecule has 0 aliphatic rings. The quantitative estimate of drug-likeness (QED) is 0.461. The lowest BCUT2D eigenvalue weighted by molar-refractivity contribution is 0.0544. The van der Waals surface area contributed by atoms with Gasteiger partial charge in [0.2, 0.25) is 0 Å². The molecule has 1 unspecified atom stereocenters. The first kappa shape index (κ1) is 22.2. The van der Waals surface area contributed by atoms with E-state index in [1.807, 2.05) is 6.07 Å². The molecule has 0 fully saturated rings. The molecular weight excluding hydrogens is 425 g/mol. The Morgan fingerprint density at radius 2 is 1.97 bits per heavy atom. The Kier molecular flexibility index (Phi) is 6.46. The van der Waals surface area contributed by atoms with E-state index in [1.165, 1.54) is 4.57 Å². The van der Waals surface area contributed by atoms with E-state index in [9.17, 15) is 9.90 Å². The van der Waals surface area contributed by atoms with E-state index in [-0.39, 0.29) is 11.6 Å². The highest BCUT2D eigenvalue weighted by atomic mass is 35.5. The van der Waals surface area contributed by atoms with Crippen LogP contribution in [0.4, 0.5) is 4.79 Å². The highest BCUT2D eigenvalue weighted by molar-refractivity contribution is 6.42. The number of halogens is 2. The van der Waals surface area contributed by atoms with Gasteiger partial charge >= 0.3 is 6.09 Å². The van der Waals surface area contributed by atoms with Crippen molar-refractivity contribution in [1.29, 1.82) is 0 Å². The molecule has 5 nitrogen and oxygen atoms in total. The molecule has 3 aromatic rings. The van der Waals surface area contributed by atoms with Gasteiger partial charge in [0.15, 0.2) is 0 Å². The molecule has 0 radical (unpaired) electrons. The Hall–Kier alpha value is -2.47. The number of hydrogen-bond donors (Lipinski definition) is 1. The van der Waals surface area contributed by atoms with E-state index in [0.717, 1.165) is 5.39 Å². The van der Waals surface area contributed by atoms with Crippen molar-refractivity contribution in [3.8, 4) is 5.75 Å². The smallest absolute Gasteiger partial charge is 0.418 e. The Bertz CT molecular complexity index is 1100. The SMILES string of the molecule is C=CCOc1ccc(Cl)c(Cl)c1C(O)c1ccc2ccn(C(=O)OC(C)(C)C)c2c1. The third-order valence-corrected chi connectivity index (χ3v) is 5.16. The van der Waals surface area contributed by atoms with Crippen LogP contribution >= 0.6 is 23.2 Å². The second-order valence-electron chi connectivity index (χ2n) is 7.76. The minimum Gasteiger partial charge on any atom is -0.489 e. The number of rotatable bonds is 5. The molecule has 1 atom stereocenters. The number of ether oxygens (including phenoxy) is 2. The van der Waals surface area contributed by atoms with Crippen LogP contribution in [-0.2, 0) is 4.74 Å². The molecule has 0 aliphatic heterocycles. The summed E-state index contributed by atoms with van der Waals surface area (Å²) in [5.74, 6) is 0.402. The number of aliphatic hydroxyl groups excluding tert-OH is 1. The highest BCUT2D eigenvalue weighted by Gasteiger charge is 2.23. The number of carbonyl (C=O) groups excluding carboxylic acids is 1. The van der Waals surface area contributed by atoms with Gasteiger partial charge in [0.1, 0.15) is 24.1 Å². The molecule has 3 rings (SSSR count). The summed E-state index contributed by atoms with van der Waals surface area (Å²) in [6, 6.07) is 10.4. The fourth-order valence-corrected chi connectivity index (χ4v) is 3.45. The van der Waals surface area contributed by atoms with E-state index in [0.29, 0.717) is 27.4 Å². The van der Waals surface area contributed by atoms with E-state index in [2.05, 4.69) is 6.58 Å². The molecule has 7 heteroatoms. The molecule has 0 aliphatic carbocycles. The fraction of sp³-hybridized carbons (Fsp3) is 0.261. The second-order valence-corrected chi connectivity index (χ2v) is 8.54. The minimum absolute atomic E-state index is 0.202. The summed E-state index contributed by atoms with van der Waals surface area (Å²) < 4.78 is 12.5. The van der Waals surface area contributed by atoms with Gasteiger partial charge in [0.25, 0.3) is 0 Å². The molecule has 2 aromatic carbocycles. The molecule has 1 N–H and O–H groups in total. The van der Waals surface area contributed by atoms with Gasteiger partial charge in [-0.3, -0.25) is 4.57 Å². The number of nitrogens with zero attached hydrogens (tertiary/aromatic N) is 1. The van der Waals surface area contributed by atoms with Crippen LogP contribution in [0.3, 0.4) is 0 Å². The van der Waals surface area contributed by atoms with Crippen molar-refractivity contribution in [3.63, 3.8) is 0 Å². The topological polar surface area (TPSA) is 60.7 Å². The highest BCUT2D eigenvalue weighted by Crippen LogP contribution is 2.40. The summed E-state index contributed by atoms with van der Waals surface area (Å²) >= 11 is 12.6. The standard InChI is InChI=1S/C23H23Cl2NO4/c1-5-12-29-18-9-8-16(24)20(25)19(18)21(27)15-7-6-14-10-11-26(17(14)13-15)22(28)30-23(2,3)4/h5-11,13,21,27H,1,12H2,2-4H3. The van der Waals surface area contributed by atoms with Crippen LogP contribution in [0.25, 0.3) is 10.9 Å². The Morgan fingerprint density at radius 1 is 1.23 bits per heavy atom. The first-order chi connectivity index (χ1) is 14.1.